The molecule has 1 amide bonds. The number of rotatable bonds is 5. The molecular formula is C15H24N2O. The topological polar surface area (TPSA) is 46.3 Å². The summed E-state index contributed by atoms with van der Waals surface area (Å²) in [6.45, 7) is 7.25. The van der Waals surface area contributed by atoms with Crippen molar-refractivity contribution in [2.75, 3.05) is 13.6 Å². The standard InChI is InChI=1S/C15H24N2O/c1-11(2)14-7-5-13(6-8-14)10-17(4)15(18)12(3)9-16/h5-8,11-12H,9-10,16H2,1-4H3. The van der Waals surface area contributed by atoms with Gasteiger partial charge in [-0.15, -0.1) is 0 Å². The Labute approximate surface area is 110 Å². The lowest BCUT2D eigenvalue weighted by molar-refractivity contribution is -0.133. The van der Waals surface area contributed by atoms with Gasteiger partial charge >= 0.3 is 0 Å². The zero-order valence-electron chi connectivity index (χ0n) is 11.8. The summed E-state index contributed by atoms with van der Waals surface area (Å²) in [7, 11) is 1.82. The van der Waals surface area contributed by atoms with Crippen LogP contribution in [-0.2, 0) is 11.3 Å². The zero-order valence-corrected chi connectivity index (χ0v) is 11.8. The number of carbonyl (C=O) groups is 1. The molecule has 1 rings (SSSR count). The summed E-state index contributed by atoms with van der Waals surface area (Å²) >= 11 is 0. The maximum absolute atomic E-state index is 11.9. The fraction of sp³-hybridized carbons (Fsp3) is 0.533. The van der Waals surface area contributed by atoms with Crippen molar-refractivity contribution in [1.29, 1.82) is 0 Å². The first-order valence-corrected chi connectivity index (χ1v) is 6.49. The zero-order chi connectivity index (χ0) is 13.7. The second-order valence-electron chi connectivity index (χ2n) is 5.23. The van der Waals surface area contributed by atoms with Gasteiger partial charge in [-0.1, -0.05) is 45.0 Å². The Bertz CT molecular complexity index is 384. The van der Waals surface area contributed by atoms with Gasteiger partial charge in [0.05, 0.1) is 0 Å². The quantitative estimate of drug-likeness (QED) is 0.869. The van der Waals surface area contributed by atoms with Crippen LogP contribution < -0.4 is 5.73 Å². The maximum atomic E-state index is 11.9. The Hall–Kier alpha value is -1.35. The highest BCUT2D eigenvalue weighted by Gasteiger charge is 2.15. The maximum Gasteiger partial charge on any atom is 0.226 e. The molecule has 0 spiro atoms. The largest absolute Gasteiger partial charge is 0.341 e. The van der Waals surface area contributed by atoms with Gasteiger partial charge in [0.1, 0.15) is 0 Å². The predicted molar refractivity (Wildman–Crippen MR) is 75.2 cm³/mol. The monoisotopic (exact) mass is 248 g/mol. The number of benzene rings is 1. The lowest BCUT2D eigenvalue weighted by atomic mass is 10.0. The Morgan fingerprint density at radius 1 is 1.22 bits per heavy atom. The van der Waals surface area contributed by atoms with Crippen LogP contribution in [0.25, 0.3) is 0 Å². The van der Waals surface area contributed by atoms with Gasteiger partial charge in [-0.05, 0) is 17.0 Å². The second kappa shape index (κ2) is 6.55. The normalized spacial score (nSPS) is 12.6. The summed E-state index contributed by atoms with van der Waals surface area (Å²) in [4.78, 5) is 13.6. The van der Waals surface area contributed by atoms with Crippen LogP contribution in [0.1, 0.15) is 37.8 Å². The number of nitrogens with two attached hydrogens (primary N) is 1. The minimum absolute atomic E-state index is 0.102. The first-order chi connectivity index (χ1) is 8.45. The number of nitrogens with zero attached hydrogens (tertiary/aromatic N) is 1. The molecule has 2 N–H and O–H groups in total. The molecule has 0 aliphatic heterocycles. The van der Waals surface area contributed by atoms with Crippen molar-refractivity contribution in [2.45, 2.75) is 33.2 Å². The highest BCUT2D eigenvalue weighted by molar-refractivity contribution is 5.78. The van der Waals surface area contributed by atoms with Gasteiger partial charge in [-0.2, -0.15) is 0 Å². The molecule has 0 heterocycles. The van der Waals surface area contributed by atoms with Gasteiger partial charge in [0.25, 0.3) is 0 Å². The number of hydrogen-bond acceptors (Lipinski definition) is 2. The molecule has 1 aromatic carbocycles. The molecule has 1 atom stereocenters. The predicted octanol–water partition coefficient (Wildman–Crippen LogP) is 2.36. The third-order valence-corrected chi connectivity index (χ3v) is 3.22. The van der Waals surface area contributed by atoms with Crippen LogP contribution in [0.15, 0.2) is 24.3 Å². The molecule has 100 valence electrons. The molecule has 1 aromatic rings. The first kappa shape index (κ1) is 14.7. The molecule has 3 heteroatoms. The SMILES string of the molecule is CC(CN)C(=O)N(C)Cc1ccc(C(C)C)cc1. The average Bonchev–Trinajstić information content (AvgIpc) is 2.37. The van der Waals surface area contributed by atoms with Gasteiger partial charge in [0, 0.05) is 26.1 Å². The summed E-state index contributed by atoms with van der Waals surface area (Å²) in [5.74, 6) is 0.533. The van der Waals surface area contributed by atoms with Crippen molar-refractivity contribution in [3.63, 3.8) is 0 Å². The number of carbonyl (C=O) groups excluding carboxylic acids is 1. The van der Waals surface area contributed by atoms with E-state index in [0.29, 0.717) is 19.0 Å². The summed E-state index contributed by atoms with van der Waals surface area (Å²) in [5, 5.41) is 0. The minimum Gasteiger partial charge on any atom is -0.341 e. The third-order valence-electron chi connectivity index (χ3n) is 3.22. The highest BCUT2D eigenvalue weighted by Crippen LogP contribution is 2.15. The molecule has 1 unspecified atom stereocenters. The second-order valence-corrected chi connectivity index (χ2v) is 5.23. The van der Waals surface area contributed by atoms with Gasteiger partial charge < -0.3 is 10.6 Å². The van der Waals surface area contributed by atoms with Gasteiger partial charge in [0.2, 0.25) is 5.91 Å². The lowest BCUT2D eigenvalue weighted by Gasteiger charge is -2.21. The number of hydrogen-bond donors (Lipinski definition) is 1. The molecule has 0 saturated heterocycles. The third kappa shape index (κ3) is 3.84. The molecule has 0 radical (unpaired) electrons. The minimum atomic E-state index is -0.107. The molecule has 0 aliphatic rings. The molecule has 18 heavy (non-hydrogen) atoms. The van der Waals surface area contributed by atoms with Crippen LogP contribution in [0.3, 0.4) is 0 Å². The molecular weight excluding hydrogens is 224 g/mol. The van der Waals surface area contributed by atoms with Crippen LogP contribution in [0.5, 0.6) is 0 Å². The molecule has 3 nitrogen and oxygen atoms in total. The van der Waals surface area contributed by atoms with E-state index < -0.39 is 0 Å². The van der Waals surface area contributed by atoms with Crippen molar-refractivity contribution in [1.82, 2.24) is 4.90 Å². The van der Waals surface area contributed by atoms with Crippen LogP contribution >= 0.6 is 0 Å². The van der Waals surface area contributed by atoms with Gasteiger partial charge in [-0.25, -0.2) is 0 Å². The van der Waals surface area contributed by atoms with Crippen LogP contribution in [-0.4, -0.2) is 24.4 Å². The summed E-state index contributed by atoms with van der Waals surface area (Å²) in [6.07, 6.45) is 0. The van der Waals surface area contributed by atoms with Crippen molar-refractivity contribution < 1.29 is 4.79 Å². The molecule has 0 aliphatic carbocycles. The summed E-state index contributed by atoms with van der Waals surface area (Å²) in [6, 6.07) is 8.44. The Balaban J connectivity index is 2.64. The lowest BCUT2D eigenvalue weighted by Crippen LogP contribution is -2.34. The molecule has 0 fully saturated rings. The van der Waals surface area contributed by atoms with Crippen molar-refractivity contribution >= 4 is 5.91 Å². The summed E-state index contributed by atoms with van der Waals surface area (Å²) < 4.78 is 0. The Morgan fingerprint density at radius 2 is 1.78 bits per heavy atom. The summed E-state index contributed by atoms with van der Waals surface area (Å²) in [5.41, 5.74) is 7.98. The first-order valence-electron chi connectivity index (χ1n) is 6.49. The molecule has 0 bridgehead atoms. The van der Waals surface area contributed by atoms with E-state index in [0.717, 1.165) is 5.56 Å². The van der Waals surface area contributed by atoms with E-state index in [1.54, 1.807) is 4.90 Å². The van der Waals surface area contributed by atoms with E-state index in [9.17, 15) is 4.79 Å². The number of amides is 1. The van der Waals surface area contributed by atoms with Gasteiger partial charge in [-0.3, -0.25) is 4.79 Å². The Kier molecular flexibility index (Phi) is 5.35. The van der Waals surface area contributed by atoms with Gasteiger partial charge in [0.15, 0.2) is 0 Å². The van der Waals surface area contributed by atoms with Crippen molar-refractivity contribution in [3.8, 4) is 0 Å². The average molecular weight is 248 g/mol. The van der Waals surface area contributed by atoms with Crippen LogP contribution in [0, 0.1) is 5.92 Å². The fourth-order valence-corrected chi connectivity index (χ4v) is 1.84. The van der Waals surface area contributed by atoms with E-state index in [1.165, 1.54) is 5.56 Å². The van der Waals surface area contributed by atoms with Crippen LogP contribution in [0.2, 0.25) is 0 Å². The van der Waals surface area contributed by atoms with E-state index in [2.05, 4.69) is 38.1 Å². The smallest absolute Gasteiger partial charge is 0.226 e. The van der Waals surface area contributed by atoms with E-state index >= 15 is 0 Å². The van der Waals surface area contributed by atoms with E-state index in [1.807, 2.05) is 14.0 Å². The molecule has 0 aromatic heterocycles. The fourth-order valence-electron chi connectivity index (χ4n) is 1.84. The van der Waals surface area contributed by atoms with E-state index in [-0.39, 0.29) is 11.8 Å². The van der Waals surface area contributed by atoms with Crippen molar-refractivity contribution in [3.05, 3.63) is 35.4 Å². The van der Waals surface area contributed by atoms with Crippen LogP contribution in [0.4, 0.5) is 0 Å². The molecule has 0 saturated carbocycles. The highest BCUT2D eigenvalue weighted by atomic mass is 16.2. The van der Waals surface area contributed by atoms with Crippen molar-refractivity contribution in [2.24, 2.45) is 11.7 Å². The Morgan fingerprint density at radius 3 is 2.22 bits per heavy atom. The van der Waals surface area contributed by atoms with E-state index in [4.69, 9.17) is 5.73 Å².